The molecule has 2 bridgehead atoms. The van der Waals surface area contributed by atoms with E-state index in [0.717, 1.165) is 12.4 Å². The van der Waals surface area contributed by atoms with Crippen LogP contribution in [-0.4, -0.2) is 22.2 Å². The first-order chi connectivity index (χ1) is 9.99. The minimum absolute atomic E-state index is 0.0277. The van der Waals surface area contributed by atoms with Gasteiger partial charge in [-0.3, -0.25) is 0 Å². The Hall–Kier alpha value is -2.82. The van der Waals surface area contributed by atoms with Crippen LogP contribution >= 0.6 is 0 Å². The van der Waals surface area contributed by atoms with Crippen LogP contribution in [0.5, 0.6) is 5.75 Å². The highest BCUT2D eigenvalue weighted by Gasteiger charge is 2.13. The number of carboxylic acids is 2. The van der Waals surface area contributed by atoms with Crippen LogP contribution in [-0.2, 0) is 6.61 Å². The molecular formula is C16H14O5. The van der Waals surface area contributed by atoms with Gasteiger partial charge in [-0.15, -0.1) is 0 Å². The number of rotatable bonds is 2. The second kappa shape index (κ2) is 6.09. The van der Waals surface area contributed by atoms with Crippen molar-refractivity contribution in [1.82, 2.24) is 0 Å². The second-order valence-electron chi connectivity index (χ2n) is 4.52. The van der Waals surface area contributed by atoms with Gasteiger partial charge < -0.3 is 14.9 Å². The van der Waals surface area contributed by atoms with Crippen LogP contribution in [0.1, 0.15) is 31.8 Å². The Bertz CT molecular complexity index is 618. The fourth-order valence-electron chi connectivity index (χ4n) is 1.95. The largest absolute Gasteiger partial charge is 0.489 e. The van der Waals surface area contributed by atoms with Crippen LogP contribution < -0.4 is 4.74 Å². The minimum atomic E-state index is -1.11. The predicted molar refractivity (Wildman–Crippen MR) is 75.9 cm³/mol. The van der Waals surface area contributed by atoms with Crippen LogP contribution in [0, 0.1) is 6.92 Å². The van der Waals surface area contributed by atoms with E-state index in [1.807, 2.05) is 12.1 Å². The van der Waals surface area contributed by atoms with Gasteiger partial charge >= 0.3 is 11.9 Å². The monoisotopic (exact) mass is 286 g/mol. The smallest absolute Gasteiger partial charge is 0.335 e. The lowest BCUT2D eigenvalue weighted by Gasteiger charge is -2.11. The van der Waals surface area contributed by atoms with Crippen molar-refractivity contribution in [2.45, 2.75) is 13.5 Å². The molecule has 0 fully saturated rings. The van der Waals surface area contributed by atoms with Gasteiger partial charge in [0, 0.05) is 0 Å². The van der Waals surface area contributed by atoms with E-state index in [2.05, 4.69) is 12.1 Å². The minimum Gasteiger partial charge on any atom is -0.489 e. The number of benzene rings is 2. The molecule has 0 unspecified atom stereocenters. The van der Waals surface area contributed by atoms with Crippen LogP contribution in [0.2, 0.25) is 0 Å². The number of hydrogen-bond donors (Lipinski definition) is 2. The van der Waals surface area contributed by atoms with Gasteiger partial charge in [0.2, 0.25) is 0 Å². The van der Waals surface area contributed by atoms with Crippen molar-refractivity contribution in [3.63, 3.8) is 0 Å². The Morgan fingerprint density at radius 3 is 1.71 bits per heavy atom. The average Bonchev–Trinajstić information content (AvgIpc) is 2.49. The van der Waals surface area contributed by atoms with Crippen LogP contribution in [0.15, 0.2) is 42.5 Å². The van der Waals surface area contributed by atoms with E-state index in [9.17, 15) is 9.59 Å². The van der Waals surface area contributed by atoms with Crippen molar-refractivity contribution < 1.29 is 24.5 Å². The van der Waals surface area contributed by atoms with Gasteiger partial charge in [-0.1, -0.05) is 18.2 Å². The molecule has 0 aliphatic carbocycles. The molecule has 0 radical (unpaired) electrons. The molecule has 0 spiro atoms. The maximum Gasteiger partial charge on any atom is 0.335 e. The van der Waals surface area contributed by atoms with E-state index in [0.29, 0.717) is 0 Å². The van der Waals surface area contributed by atoms with Crippen molar-refractivity contribution in [1.29, 1.82) is 0 Å². The number of carboxylic acid groups (broad SMARTS) is 2. The van der Waals surface area contributed by atoms with Crippen molar-refractivity contribution in [2.75, 3.05) is 0 Å². The molecule has 0 amide bonds. The van der Waals surface area contributed by atoms with Gasteiger partial charge in [0.15, 0.2) is 0 Å². The predicted octanol–water partition coefficient (Wildman–Crippen LogP) is 2.97. The highest BCUT2D eigenvalue weighted by molar-refractivity contribution is 5.96. The van der Waals surface area contributed by atoms with E-state index >= 15 is 0 Å². The lowest BCUT2D eigenvalue weighted by Crippen LogP contribution is -2.06. The molecule has 0 saturated heterocycles. The van der Waals surface area contributed by atoms with Crippen molar-refractivity contribution >= 4 is 11.9 Å². The van der Waals surface area contributed by atoms with E-state index in [4.69, 9.17) is 14.9 Å². The molecule has 2 aromatic carbocycles. The first-order valence-corrected chi connectivity index (χ1v) is 6.27. The molecule has 5 nitrogen and oxygen atoms in total. The Morgan fingerprint density at radius 1 is 0.952 bits per heavy atom. The number of ether oxygens (including phenoxy) is 1. The SMILES string of the molecule is Cc1c(C(=O)O)cccc1C(=O)O.c1cc2ccc1CO2. The Kier molecular flexibility index (Phi) is 4.23. The summed E-state index contributed by atoms with van der Waals surface area (Å²) in [5, 5.41) is 17.4. The summed E-state index contributed by atoms with van der Waals surface area (Å²) in [5.74, 6) is -1.23. The van der Waals surface area contributed by atoms with Gasteiger partial charge in [0.25, 0.3) is 0 Å². The van der Waals surface area contributed by atoms with E-state index < -0.39 is 11.9 Å². The molecule has 108 valence electrons. The number of carbonyl (C=O) groups is 2. The number of aromatic carboxylic acids is 2. The molecule has 0 aromatic heterocycles. The normalized spacial score (nSPS) is 11.1. The third kappa shape index (κ3) is 3.39. The standard InChI is InChI=1S/C9H8O4.C7H6O/c1-5-6(8(10)11)3-2-4-7(5)9(12)13;1-3-7-4-2-6(1)5-8-7/h2-4H,1H3,(H,10,11)(H,12,13);1-4H,5H2. The first kappa shape index (κ1) is 14.6. The molecule has 2 heterocycles. The first-order valence-electron chi connectivity index (χ1n) is 6.27. The second-order valence-corrected chi connectivity index (χ2v) is 4.52. The quantitative estimate of drug-likeness (QED) is 0.886. The summed E-state index contributed by atoms with van der Waals surface area (Å²) in [4.78, 5) is 21.2. The van der Waals surface area contributed by atoms with Crippen LogP contribution in [0.4, 0.5) is 0 Å². The van der Waals surface area contributed by atoms with Gasteiger partial charge in [-0.25, -0.2) is 9.59 Å². The Balaban J connectivity index is 0.000000170. The highest BCUT2D eigenvalue weighted by Crippen LogP contribution is 2.19. The molecule has 21 heavy (non-hydrogen) atoms. The molecule has 0 atom stereocenters. The molecule has 2 aliphatic rings. The zero-order valence-corrected chi connectivity index (χ0v) is 11.4. The molecule has 2 N–H and O–H groups in total. The van der Waals surface area contributed by atoms with E-state index in [1.165, 1.54) is 30.7 Å². The van der Waals surface area contributed by atoms with Crippen molar-refractivity contribution in [3.8, 4) is 5.75 Å². The molecule has 5 heteroatoms. The topological polar surface area (TPSA) is 83.8 Å². The van der Waals surface area contributed by atoms with Gasteiger partial charge in [0.1, 0.15) is 12.4 Å². The van der Waals surface area contributed by atoms with Gasteiger partial charge in [-0.05, 0) is 42.3 Å². The number of hydrogen-bond acceptors (Lipinski definition) is 3. The molecule has 2 aromatic rings. The summed E-state index contributed by atoms with van der Waals surface area (Å²) >= 11 is 0. The molecular weight excluding hydrogens is 272 g/mol. The number of fused-ring (bicyclic) bond motifs is 3. The molecule has 2 aliphatic heterocycles. The third-order valence-electron chi connectivity index (χ3n) is 3.12. The zero-order valence-electron chi connectivity index (χ0n) is 11.4. The Morgan fingerprint density at radius 2 is 1.48 bits per heavy atom. The summed E-state index contributed by atoms with van der Waals surface area (Å²) in [7, 11) is 0. The zero-order chi connectivity index (χ0) is 15.4. The summed E-state index contributed by atoms with van der Waals surface area (Å²) in [6, 6.07) is 12.3. The van der Waals surface area contributed by atoms with E-state index in [-0.39, 0.29) is 16.7 Å². The Labute approximate surface area is 121 Å². The maximum absolute atomic E-state index is 10.6. The van der Waals surface area contributed by atoms with Gasteiger partial charge in [0.05, 0.1) is 11.1 Å². The third-order valence-corrected chi connectivity index (χ3v) is 3.12. The van der Waals surface area contributed by atoms with Crippen LogP contribution in [0.25, 0.3) is 0 Å². The maximum atomic E-state index is 10.6. The summed E-state index contributed by atoms with van der Waals surface area (Å²) < 4.78 is 5.18. The molecule has 0 saturated carbocycles. The lowest BCUT2D eigenvalue weighted by molar-refractivity contribution is 0.0696. The van der Waals surface area contributed by atoms with Crippen LogP contribution in [0.3, 0.4) is 0 Å². The van der Waals surface area contributed by atoms with Gasteiger partial charge in [-0.2, -0.15) is 0 Å². The van der Waals surface area contributed by atoms with Crippen molar-refractivity contribution in [3.05, 3.63) is 64.7 Å². The fraction of sp³-hybridized carbons (Fsp3) is 0.125. The fourth-order valence-corrected chi connectivity index (χ4v) is 1.95. The van der Waals surface area contributed by atoms with Crippen molar-refractivity contribution in [2.24, 2.45) is 0 Å². The molecule has 4 rings (SSSR count). The summed E-state index contributed by atoms with van der Waals surface area (Å²) in [5.41, 5.74) is 1.60. The summed E-state index contributed by atoms with van der Waals surface area (Å²) in [6.45, 7) is 2.25. The summed E-state index contributed by atoms with van der Waals surface area (Å²) in [6.07, 6.45) is 0. The average molecular weight is 286 g/mol. The highest BCUT2D eigenvalue weighted by atomic mass is 16.5. The lowest BCUT2D eigenvalue weighted by atomic mass is 10.0. The van der Waals surface area contributed by atoms with E-state index in [1.54, 1.807) is 0 Å².